The van der Waals surface area contributed by atoms with Gasteiger partial charge in [-0.15, -0.1) is 0 Å². The van der Waals surface area contributed by atoms with Crippen molar-refractivity contribution in [2.24, 2.45) is 23.7 Å². The van der Waals surface area contributed by atoms with Crippen LogP contribution in [0.25, 0.3) is 0 Å². The maximum atomic E-state index is 2.57. The molecule has 0 aliphatic heterocycles. The van der Waals surface area contributed by atoms with Crippen molar-refractivity contribution < 1.29 is 4.57 Å². The van der Waals surface area contributed by atoms with Crippen LogP contribution < -0.4 is 4.57 Å². The molecule has 4 aliphatic rings. The van der Waals surface area contributed by atoms with E-state index in [-0.39, 0.29) is 0 Å². The van der Waals surface area contributed by atoms with Crippen LogP contribution >= 0.6 is 0 Å². The van der Waals surface area contributed by atoms with Crippen molar-refractivity contribution in [2.75, 3.05) is 0 Å². The molecule has 6 unspecified atom stereocenters. The average molecular weight is 257 g/mol. The second kappa shape index (κ2) is 3.86. The summed E-state index contributed by atoms with van der Waals surface area (Å²) in [7, 11) is 0. The third kappa shape index (κ3) is 1.58. The zero-order valence-electron chi connectivity index (χ0n) is 11.7. The smallest absolute Gasteiger partial charge is 0.234 e. The van der Waals surface area contributed by atoms with Crippen LogP contribution in [0.5, 0.6) is 0 Å². The number of rotatable bonds is 2. The predicted molar refractivity (Wildman–Crippen MR) is 73.6 cm³/mol. The normalized spacial score (nSPS) is 47.4. The van der Waals surface area contributed by atoms with Gasteiger partial charge in [-0.05, 0) is 75.0 Å². The molecule has 19 heavy (non-hydrogen) atoms. The molecular weight excluding hydrogens is 232 g/mol. The van der Waals surface area contributed by atoms with Crippen molar-refractivity contribution >= 4 is 0 Å². The van der Waals surface area contributed by atoms with Crippen molar-refractivity contribution in [1.82, 2.24) is 4.57 Å². The van der Waals surface area contributed by atoms with Crippen molar-refractivity contribution in [3.8, 4) is 0 Å². The summed E-state index contributed by atoms with van der Waals surface area (Å²) in [6, 6.07) is 1.66. The molecule has 5 rings (SSSR count). The molecule has 102 valence electrons. The summed E-state index contributed by atoms with van der Waals surface area (Å²) in [5, 5.41) is 0. The van der Waals surface area contributed by atoms with Gasteiger partial charge in [0.15, 0.2) is 0 Å². The van der Waals surface area contributed by atoms with Crippen molar-refractivity contribution in [1.29, 1.82) is 0 Å². The highest BCUT2D eigenvalue weighted by Gasteiger charge is 2.45. The third-order valence-corrected chi connectivity index (χ3v) is 6.85. The number of hydrogen-bond acceptors (Lipinski definition) is 0. The molecule has 1 aromatic heterocycles. The van der Waals surface area contributed by atoms with Gasteiger partial charge < -0.3 is 0 Å². The van der Waals surface area contributed by atoms with E-state index in [1.54, 1.807) is 0 Å². The number of hydrogen-bond donors (Lipinski definition) is 0. The van der Waals surface area contributed by atoms with Gasteiger partial charge in [0.25, 0.3) is 0 Å². The second-order valence-electron chi connectivity index (χ2n) is 7.79. The van der Waals surface area contributed by atoms with Crippen molar-refractivity contribution in [3.63, 3.8) is 0 Å². The average Bonchev–Trinajstić information content (AvgIpc) is 3.20. The number of aromatic nitrogens is 2. The molecule has 0 spiro atoms. The Hall–Kier alpha value is -0.790. The SMILES string of the molecule is c1c[n+](C2CC3CCC2C3)cn1C1CC2CCC1C2. The summed E-state index contributed by atoms with van der Waals surface area (Å²) in [4.78, 5) is 0. The lowest BCUT2D eigenvalue weighted by Gasteiger charge is -2.20. The molecule has 4 fully saturated rings. The number of imidazole rings is 1. The topological polar surface area (TPSA) is 8.81 Å². The van der Waals surface area contributed by atoms with Crippen LogP contribution in [-0.2, 0) is 0 Å². The molecule has 0 radical (unpaired) electrons. The monoisotopic (exact) mass is 257 g/mol. The van der Waals surface area contributed by atoms with Crippen LogP contribution in [0.1, 0.15) is 63.5 Å². The molecule has 0 N–H and O–H groups in total. The maximum absolute atomic E-state index is 2.57. The highest BCUT2D eigenvalue weighted by Crippen LogP contribution is 2.51. The van der Waals surface area contributed by atoms with Crippen molar-refractivity contribution in [2.45, 2.75) is 63.5 Å². The van der Waals surface area contributed by atoms with Gasteiger partial charge in [0.1, 0.15) is 24.5 Å². The molecule has 4 bridgehead atoms. The zero-order valence-corrected chi connectivity index (χ0v) is 11.7. The van der Waals surface area contributed by atoms with E-state index in [9.17, 15) is 0 Å². The standard InChI is InChI=1S/C17H25N2/c1-3-14-7-12(1)9-16(14)18-5-6-19(11-18)17-10-13-2-4-15(17)8-13/h5-6,11-17H,1-4,7-10H2/q+1. The van der Waals surface area contributed by atoms with Gasteiger partial charge in [-0.2, -0.15) is 0 Å². The Morgan fingerprint density at radius 2 is 1.63 bits per heavy atom. The highest BCUT2D eigenvalue weighted by atomic mass is 15.2. The first kappa shape index (κ1) is 10.9. The molecule has 4 saturated carbocycles. The maximum Gasteiger partial charge on any atom is 0.244 e. The lowest BCUT2D eigenvalue weighted by Crippen LogP contribution is -2.40. The molecule has 4 aliphatic carbocycles. The van der Waals surface area contributed by atoms with Gasteiger partial charge in [-0.1, -0.05) is 0 Å². The van der Waals surface area contributed by atoms with Gasteiger partial charge in [0, 0.05) is 0 Å². The molecule has 1 aromatic rings. The summed E-state index contributed by atoms with van der Waals surface area (Å²) in [5.74, 6) is 4.08. The highest BCUT2D eigenvalue weighted by molar-refractivity contribution is 4.95. The van der Waals surface area contributed by atoms with E-state index in [1.165, 1.54) is 51.4 Å². The first-order valence-electron chi connectivity index (χ1n) is 8.45. The minimum absolute atomic E-state index is 0.832. The van der Waals surface area contributed by atoms with Crippen LogP contribution in [0, 0.1) is 23.7 Å². The molecule has 1 heterocycles. The fourth-order valence-electron chi connectivity index (χ4n) is 5.93. The molecule has 2 nitrogen and oxygen atoms in total. The van der Waals surface area contributed by atoms with Gasteiger partial charge in [-0.3, -0.25) is 0 Å². The summed E-state index contributed by atoms with van der Waals surface area (Å²) in [5.41, 5.74) is 0. The summed E-state index contributed by atoms with van der Waals surface area (Å²) >= 11 is 0. The van der Waals surface area contributed by atoms with Crippen molar-refractivity contribution in [3.05, 3.63) is 18.7 Å². The van der Waals surface area contributed by atoms with E-state index >= 15 is 0 Å². The number of nitrogens with zero attached hydrogens (tertiary/aromatic N) is 2. The molecule has 0 saturated heterocycles. The second-order valence-corrected chi connectivity index (χ2v) is 7.79. The Labute approximate surface area is 115 Å². The summed E-state index contributed by atoms with van der Waals surface area (Å²) in [6.45, 7) is 0. The van der Waals surface area contributed by atoms with Gasteiger partial charge in [0.2, 0.25) is 6.33 Å². The first-order chi connectivity index (χ1) is 9.37. The van der Waals surface area contributed by atoms with Gasteiger partial charge >= 0.3 is 0 Å². The Morgan fingerprint density at radius 3 is 2.26 bits per heavy atom. The molecule has 0 amide bonds. The number of fused-ring (bicyclic) bond motifs is 4. The Kier molecular flexibility index (Phi) is 2.22. The predicted octanol–water partition coefficient (Wildman–Crippen LogP) is 3.50. The largest absolute Gasteiger partial charge is 0.244 e. The fourth-order valence-corrected chi connectivity index (χ4v) is 5.93. The summed E-state index contributed by atoms with van der Waals surface area (Å²) in [6.07, 6.45) is 19.1. The third-order valence-electron chi connectivity index (χ3n) is 6.85. The van der Waals surface area contributed by atoms with E-state index in [0.29, 0.717) is 0 Å². The Balaban J connectivity index is 1.39. The minimum atomic E-state index is 0.832. The van der Waals surface area contributed by atoms with E-state index in [1.807, 2.05) is 0 Å². The first-order valence-corrected chi connectivity index (χ1v) is 8.45. The molecule has 2 heteroatoms. The fraction of sp³-hybridized carbons (Fsp3) is 0.824. The molecular formula is C17H25N2+. The molecule has 6 atom stereocenters. The van der Waals surface area contributed by atoms with Crippen LogP contribution in [-0.4, -0.2) is 4.57 Å². The van der Waals surface area contributed by atoms with Crippen LogP contribution in [0.15, 0.2) is 18.7 Å². The minimum Gasteiger partial charge on any atom is -0.234 e. The van der Waals surface area contributed by atoms with Crippen LogP contribution in [0.2, 0.25) is 0 Å². The zero-order chi connectivity index (χ0) is 12.4. The Morgan fingerprint density at radius 1 is 0.842 bits per heavy atom. The van der Waals surface area contributed by atoms with Crippen LogP contribution in [0.3, 0.4) is 0 Å². The van der Waals surface area contributed by atoms with Gasteiger partial charge in [0.05, 0.1) is 0 Å². The van der Waals surface area contributed by atoms with Crippen LogP contribution in [0.4, 0.5) is 0 Å². The van der Waals surface area contributed by atoms with E-state index in [4.69, 9.17) is 0 Å². The molecule has 0 aromatic carbocycles. The lowest BCUT2D eigenvalue weighted by atomic mass is 9.95. The quantitative estimate of drug-likeness (QED) is 0.717. The summed E-state index contributed by atoms with van der Waals surface area (Å²) < 4.78 is 5.13. The lowest BCUT2D eigenvalue weighted by molar-refractivity contribution is -0.728. The van der Waals surface area contributed by atoms with E-state index in [2.05, 4.69) is 27.9 Å². The van der Waals surface area contributed by atoms with Gasteiger partial charge in [-0.25, -0.2) is 9.13 Å². The Bertz CT molecular complexity index is 449. The van der Waals surface area contributed by atoms with E-state index < -0.39 is 0 Å². The van der Waals surface area contributed by atoms with E-state index in [0.717, 1.165) is 35.8 Å².